The number of nitrogens with zero attached hydrogens (tertiary/aromatic N) is 1. The highest BCUT2D eigenvalue weighted by Crippen LogP contribution is 2.37. The van der Waals surface area contributed by atoms with Gasteiger partial charge in [0.15, 0.2) is 0 Å². The van der Waals surface area contributed by atoms with Crippen LogP contribution in [-0.4, -0.2) is 29.2 Å². The number of carbonyl (C=O) groups excluding carboxylic acids is 1. The van der Waals surface area contributed by atoms with Crippen LogP contribution in [0.3, 0.4) is 0 Å². The van der Waals surface area contributed by atoms with Gasteiger partial charge in [-0.1, -0.05) is 25.1 Å². The van der Waals surface area contributed by atoms with E-state index in [1.165, 1.54) is 23.1 Å². The number of para-hydroxylation sites is 1. The zero-order valence-electron chi connectivity index (χ0n) is 15.7. The molecule has 2 aromatic carbocycles. The van der Waals surface area contributed by atoms with Crippen molar-refractivity contribution in [3.63, 3.8) is 0 Å². The van der Waals surface area contributed by atoms with Crippen molar-refractivity contribution >= 4 is 11.7 Å². The number of carbonyl (C=O) groups is 1. The van der Waals surface area contributed by atoms with E-state index >= 15 is 0 Å². The Morgan fingerprint density at radius 1 is 1.18 bits per heavy atom. The van der Waals surface area contributed by atoms with Crippen molar-refractivity contribution in [2.75, 3.05) is 18.5 Å². The summed E-state index contributed by atoms with van der Waals surface area (Å²) in [5.74, 6) is 0.0981. The summed E-state index contributed by atoms with van der Waals surface area (Å²) >= 11 is 0. The minimum atomic E-state index is -4.65. The van der Waals surface area contributed by atoms with E-state index in [9.17, 15) is 23.1 Å². The summed E-state index contributed by atoms with van der Waals surface area (Å²) in [4.78, 5) is 14.0. The topological polar surface area (TPSA) is 61.8 Å². The number of nitrogens with one attached hydrogen (secondary N) is 1. The Hall–Kier alpha value is -2.90. The molecule has 0 saturated heterocycles. The van der Waals surface area contributed by atoms with Gasteiger partial charge in [-0.05, 0) is 37.6 Å². The highest BCUT2D eigenvalue weighted by Gasteiger charge is 2.35. The SMILES string of the molecule is CCCN(Cc1ccccc1O)C(=O)Nc1ccc(OCC)cc1C(F)(F)F. The summed E-state index contributed by atoms with van der Waals surface area (Å²) in [6.45, 7) is 4.14. The lowest BCUT2D eigenvalue weighted by atomic mass is 10.1. The van der Waals surface area contributed by atoms with E-state index in [-0.39, 0.29) is 30.3 Å². The Bertz CT molecular complexity index is 810. The third kappa shape index (κ3) is 5.55. The Kier molecular flexibility index (Phi) is 7.14. The number of hydrogen-bond donors (Lipinski definition) is 2. The molecule has 0 atom stereocenters. The monoisotopic (exact) mass is 396 g/mol. The highest BCUT2D eigenvalue weighted by atomic mass is 19.4. The van der Waals surface area contributed by atoms with Gasteiger partial charge in [-0.15, -0.1) is 0 Å². The molecular formula is C20H23F3N2O3. The first-order chi connectivity index (χ1) is 13.3. The highest BCUT2D eigenvalue weighted by molar-refractivity contribution is 5.90. The van der Waals surface area contributed by atoms with Crippen LogP contribution in [0, 0.1) is 0 Å². The third-order valence-electron chi connectivity index (χ3n) is 3.98. The maximum Gasteiger partial charge on any atom is 0.418 e. The van der Waals surface area contributed by atoms with E-state index < -0.39 is 17.8 Å². The quantitative estimate of drug-likeness (QED) is 0.672. The predicted molar refractivity (Wildman–Crippen MR) is 100 cm³/mol. The van der Waals surface area contributed by atoms with Crippen LogP contribution in [-0.2, 0) is 12.7 Å². The smallest absolute Gasteiger partial charge is 0.418 e. The number of anilines is 1. The molecule has 0 heterocycles. The maximum atomic E-state index is 13.4. The molecule has 152 valence electrons. The van der Waals surface area contributed by atoms with Gasteiger partial charge >= 0.3 is 12.2 Å². The molecule has 0 aliphatic heterocycles. The van der Waals surface area contributed by atoms with Gasteiger partial charge in [0.05, 0.1) is 24.4 Å². The molecule has 0 aliphatic carbocycles. The van der Waals surface area contributed by atoms with Crippen molar-refractivity contribution < 1.29 is 27.8 Å². The molecule has 0 saturated carbocycles. The standard InChI is InChI=1S/C20H23F3N2O3/c1-3-11-25(13-14-7-5-6-8-18(14)26)19(27)24-17-10-9-15(28-4-2)12-16(17)20(21,22)23/h5-10,12,26H,3-4,11,13H2,1-2H3,(H,24,27). The fourth-order valence-corrected chi connectivity index (χ4v) is 2.69. The zero-order chi connectivity index (χ0) is 20.7. The molecule has 28 heavy (non-hydrogen) atoms. The molecule has 0 unspecified atom stereocenters. The lowest BCUT2D eigenvalue weighted by molar-refractivity contribution is -0.137. The van der Waals surface area contributed by atoms with Crippen molar-refractivity contribution in [3.8, 4) is 11.5 Å². The molecule has 2 amide bonds. The Labute approximate surface area is 161 Å². The number of aromatic hydroxyl groups is 1. The number of phenolic OH excluding ortho intramolecular Hbond substituents is 1. The van der Waals surface area contributed by atoms with E-state index in [1.807, 2.05) is 6.92 Å². The minimum absolute atomic E-state index is 0.0217. The normalized spacial score (nSPS) is 11.2. The fraction of sp³-hybridized carbons (Fsp3) is 0.350. The number of halogens is 3. The van der Waals surface area contributed by atoms with Crippen LogP contribution in [0.25, 0.3) is 0 Å². The van der Waals surface area contributed by atoms with Gasteiger partial charge in [-0.2, -0.15) is 13.2 Å². The van der Waals surface area contributed by atoms with Gasteiger partial charge in [0.25, 0.3) is 0 Å². The van der Waals surface area contributed by atoms with Crippen LogP contribution in [0.1, 0.15) is 31.4 Å². The number of phenols is 1. The molecule has 0 aliphatic rings. The first-order valence-electron chi connectivity index (χ1n) is 8.93. The first kappa shape index (κ1) is 21.4. The van der Waals surface area contributed by atoms with Gasteiger partial charge in [0, 0.05) is 12.1 Å². The summed E-state index contributed by atoms with van der Waals surface area (Å²) in [5, 5.41) is 12.3. The fourth-order valence-electron chi connectivity index (χ4n) is 2.69. The molecule has 2 N–H and O–H groups in total. The summed E-state index contributed by atoms with van der Waals surface area (Å²) < 4.78 is 45.4. The summed E-state index contributed by atoms with van der Waals surface area (Å²) in [5.41, 5.74) is -0.820. The second-order valence-electron chi connectivity index (χ2n) is 6.12. The molecular weight excluding hydrogens is 373 g/mol. The van der Waals surface area contributed by atoms with Gasteiger partial charge in [-0.3, -0.25) is 0 Å². The van der Waals surface area contributed by atoms with E-state index in [0.29, 0.717) is 18.5 Å². The van der Waals surface area contributed by atoms with E-state index in [1.54, 1.807) is 25.1 Å². The summed E-state index contributed by atoms with van der Waals surface area (Å²) in [6.07, 6.45) is -4.04. The Balaban J connectivity index is 2.26. The second kappa shape index (κ2) is 9.34. The lowest BCUT2D eigenvalue weighted by Crippen LogP contribution is -2.35. The Morgan fingerprint density at radius 3 is 2.50 bits per heavy atom. The Morgan fingerprint density at radius 2 is 1.89 bits per heavy atom. The van der Waals surface area contributed by atoms with Gasteiger partial charge in [0.1, 0.15) is 11.5 Å². The number of urea groups is 1. The molecule has 2 aromatic rings. The lowest BCUT2D eigenvalue weighted by Gasteiger charge is -2.24. The third-order valence-corrected chi connectivity index (χ3v) is 3.98. The van der Waals surface area contributed by atoms with Crippen molar-refractivity contribution in [2.24, 2.45) is 0 Å². The maximum absolute atomic E-state index is 13.4. The molecule has 8 heteroatoms. The van der Waals surface area contributed by atoms with Gasteiger partial charge in [0.2, 0.25) is 0 Å². The summed E-state index contributed by atoms with van der Waals surface area (Å²) in [7, 11) is 0. The predicted octanol–water partition coefficient (Wildman–Crippen LogP) is 5.25. The molecule has 0 radical (unpaired) electrons. The van der Waals surface area contributed by atoms with Gasteiger partial charge in [-0.25, -0.2) is 4.79 Å². The van der Waals surface area contributed by atoms with Crippen LogP contribution in [0.2, 0.25) is 0 Å². The largest absolute Gasteiger partial charge is 0.508 e. The van der Waals surface area contributed by atoms with E-state index in [0.717, 1.165) is 6.07 Å². The van der Waals surface area contributed by atoms with E-state index in [4.69, 9.17) is 4.74 Å². The molecule has 0 spiro atoms. The summed E-state index contributed by atoms with van der Waals surface area (Å²) in [6, 6.07) is 9.25. The average molecular weight is 396 g/mol. The van der Waals surface area contributed by atoms with Crippen LogP contribution in [0.5, 0.6) is 11.5 Å². The van der Waals surface area contributed by atoms with Crippen molar-refractivity contribution in [3.05, 3.63) is 53.6 Å². The van der Waals surface area contributed by atoms with Crippen molar-refractivity contribution in [1.29, 1.82) is 0 Å². The average Bonchev–Trinajstić information content (AvgIpc) is 2.63. The van der Waals surface area contributed by atoms with Crippen molar-refractivity contribution in [2.45, 2.75) is 33.0 Å². The molecule has 0 bridgehead atoms. The van der Waals surface area contributed by atoms with Crippen LogP contribution in [0.4, 0.5) is 23.7 Å². The van der Waals surface area contributed by atoms with Crippen LogP contribution < -0.4 is 10.1 Å². The van der Waals surface area contributed by atoms with Crippen LogP contribution in [0.15, 0.2) is 42.5 Å². The number of hydrogen-bond acceptors (Lipinski definition) is 3. The molecule has 2 rings (SSSR count). The second-order valence-corrected chi connectivity index (χ2v) is 6.12. The van der Waals surface area contributed by atoms with Crippen LogP contribution >= 0.6 is 0 Å². The van der Waals surface area contributed by atoms with Crippen molar-refractivity contribution in [1.82, 2.24) is 4.90 Å². The number of alkyl halides is 3. The molecule has 0 fully saturated rings. The van der Waals surface area contributed by atoms with Gasteiger partial charge < -0.3 is 20.1 Å². The first-order valence-corrected chi connectivity index (χ1v) is 8.93. The zero-order valence-corrected chi connectivity index (χ0v) is 15.7. The number of rotatable bonds is 7. The minimum Gasteiger partial charge on any atom is -0.508 e. The van der Waals surface area contributed by atoms with E-state index in [2.05, 4.69) is 5.32 Å². The molecule has 5 nitrogen and oxygen atoms in total. The molecule has 0 aromatic heterocycles. The number of ether oxygens (including phenoxy) is 1. The number of benzene rings is 2. The number of amides is 2.